The van der Waals surface area contributed by atoms with Crippen molar-refractivity contribution in [2.45, 2.75) is 57.8 Å². The monoisotopic (exact) mass is 278 g/mol. The maximum absolute atomic E-state index is 12.5. The second kappa shape index (κ2) is 5.25. The molecule has 19 heavy (non-hydrogen) atoms. The molecule has 4 heteroatoms. The van der Waals surface area contributed by atoms with E-state index in [1.165, 1.54) is 30.6 Å². The third-order valence-electron chi connectivity index (χ3n) is 4.64. The Morgan fingerprint density at radius 2 is 2.16 bits per heavy atom. The molecule has 2 fully saturated rings. The molecule has 1 amide bonds. The van der Waals surface area contributed by atoms with E-state index in [9.17, 15) is 4.79 Å². The van der Waals surface area contributed by atoms with Gasteiger partial charge in [-0.1, -0.05) is 18.9 Å². The Morgan fingerprint density at radius 3 is 2.79 bits per heavy atom. The van der Waals surface area contributed by atoms with Gasteiger partial charge in [0, 0.05) is 10.9 Å². The van der Waals surface area contributed by atoms with Crippen molar-refractivity contribution >= 4 is 17.2 Å². The number of carbonyl (C=O) groups excluding carboxylic acids is 1. The lowest BCUT2D eigenvalue weighted by Gasteiger charge is -2.33. The molecule has 1 saturated carbocycles. The number of thiophene rings is 1. The van der Waals surface area contributed by atoms with Crippen LogP contribution in [0.15, 0.2) is 17.5 Å². The minimum absolute atomic E-state index is 0.0593. The van der Waals surface area contributed by atoms with E-state index in [0.717, 1.165) is 0 Å². The van der Waals surface area contributed by atoms with Gasteiger partial charge < -0.3 is 4.90 Å². The zero-order valence-corrected chi connectivity index (χ0v) is 12.5. The molecule has 1 N–H and O–H groups in total. The summed E-state index contributed by atoms with van der Waals surface area (Å²) in [5.41, 5.74) is 0. The summed E-state index contributed by atoms with van der Waals surface area (Å²) in [4.78, 5) is 15.8. The molecule has 3 unspecified atom stereocenters. The highest BCUT2D eigenvalue weighted by atomic mass is 32.1. The van der Waals surface area contributed by atoms with Crippen molar-refractivity contribution < 1.29 is 4.79 Å². The van der Waals surface area contributed by atoms with Crippen LogP contribution in [0.5, 0.6) is 0 Å². The average molecular weight is 278 g/mol. The van der Waals surface area contributed by atoms with Gasteiger partial charge in [-0.3, -0.25) is 10.1 Å². The standard InChI is InChI=1S/C15H22N2OS/c1-10-15(18)17(11(2)12-6-3-4-7-12)14(16-10)13-8-5-9-19-13/h5,8-12,14,16H,3-4,6-7H2,1-2H3. The zero-order chi connectivity index (χ0) is 13.4. The summed E-state index contributed by atoms with van der Waals surface area (Å²) in [6, 6.07) is 4.48. The van der Waals surface area contributed by atoms with E-state index in [1.54, 1.807) is 11.3 Å². The number of hydrogen-bond donors (Lipinski definition) is 1. The van der Waals surface area contributed by atoms with Crippen molar-refractivity contribution in [3.05, 3.63) is 22.4 Å². The van der Waals surface area contributed by atoms with E-state index >= 15 is 0 Å². The van der Waals surface area contributed by atoms with E-state index < -0.39 is 0 Å². The highest BCUT2D eigenvalue weighted by Gasteiger charge is 2.42. The summed E-state index contributed by atoms with van der Waals surface area (Å²) in [5.74, 6) is 0.941. The van der Waals surface area contributed by atoms with Gasteiger partial charge in [-0.05, 0) is 44.1 Å². The Hall–Kier alpha value is -0.870. The number of nitrogens with zero attached hydrogens (tertiary/aromatic N) is 1. The SMILES string of the molecule is CC1NC(c2cccs2)N(C(C)C2CCCC2)C1=O. The van der Waals surface area contributed by atoms with E-state index in [1.807, 2.05) is 6.92 Å². The first-order valence-electron chi connectivity index (χ1n) is 7.30. The van der Waals surface area contributed by atoms with Gasteiger partial charge in [-0.25, -0.2) is 0 Å². The fraction of sp³-hybridized carbons (Fsp3) is 0.667. The van der Waals surface area contributed by atoms with Gasteiger partial charge >= 0.3 is 0 Å². The number of amides is 1. The first-order valence-corrected chi connectivity index (χ1v) is 8.18. The summed E-state index contributed by atoms with van der Waals surface area (Å²) >= 11 is 1.73. The molecule has 3 nitrogen and oxygen atoms in total. The van der Waals surface area contributed by atoms with Crippen molar-refractivity contribution in [3.63, 3.8) is 0 Å². The molecule has 0 spiro atoms. The summed E-state index contributed by atoms with van der Waals surface area (Å²) < 4.78 is 0. The number of rotatable bonds is 3. The third kappa shape index (κ3) is 2.32. The average Bonchev–Trinajstić information content (AvgIpc) is 3.11. The van der Waals surface area contributed by atoms with Crippen LogP contribution < -0.4 is 5.32 Å². The topological polar surface area (TPSA) is 32.3 Å². The predicted molar refractivity (Wildman–Crippen MR) is 77.9 cm³/mol. The van der Waals surface area contributed by atoms with E-state index in [2.05, 4.69) is 34.7 Å². The van der Waals surface area contributed by atoms with E-state index in [4.69, 9.17) is 0 Å². The molecule has 1 aromatic heterocycles. The Bertz CT molecular complexity index is 439. The van der Waals surface area contributed by atoms with Crippen LogP contribution in [0.1, 0.15) is 50.6 Å². The maximum Gasteiger partial charge on any atom is 0.241 e. The van der Waals surface area contributed by atoms with E-state index in [-0.39, 0.29) is 18.1 Å². The van der Waals surface area contributed by atoms with Gasteiger partial charge in [0.25, 0.3) is 0 Å². The third-order valence-corrected chi connectivity index (χ3v) is 5.57. The molecule has 104 valence electrons. The second-order valence-corrected chi connectivity index (χ2v) is 6.82. The summed E-state index contributed by atoms with van der Waals surface area (Å²) in [7, 11) is 0. The molecular weight excluding hydrogens is 256 g/mol. The molecule has 0 aromatic carbocycles. The molecule has 2 heterocycles. The molecule has 1 aliphatic carbocycles. The highest BCUT2D eigenvalue weighted by molar-refractivity contribution is 7.10. The lowest BCUT2D eigenvalue weighted by atomic mass is 9.97. The molecular formula is C15H22N2OS. The van der Waals surface area contributed by atoms with Crippen LogP contribution in [0.2, 0.25) is 0 Å². The fourth-order valence-corrected chi connectivity index (χ4v) is 4.29. The first kappa shape index (κ1) is 13.1. The van der Waals surface area contributed by atoms with Crippen molar-refractivity contribution in [2.75, 3.05) is 0 Å². The quantitative estimate of drug-likeness (QED) is 0.921. The highest BCUT2D eigenvalue weighted by Crippen LogP contribution is 2.37. The van der Waals surface area contributed by atoms with Crippen LogP contribution in [-0.4, -0.2) is 22.9 Å². The van der Waals surface area contributed by atoms with Crippen LogP contribution >= 0.6 is 11.3 Å². The van der Waals surface area contributed by atoms with Crippen LogP contribution in [0.25, 0.3) is 0 Å². The minimum Gasteiger partial charge on any atom is -0.318 e. The largest absolute Gasteiger partial charge is 0.318 e. The molecule has 3 atom stereocenters. The minimum atomic E-state index is -0.0593. The normalized spacial score (nSPS) is 30.2. The Morgan fingerprint density at radius 1 is 1.42 bits per heavy atom. The fourth-order valence-electron chi connectivity index (χ4n) is 3.51. The van der Waals surface area contributed by atoms with Crippen LogP contribution in [0.3, 0.4) is 0 Å². The van der Waals surface area contributed by atoms with Crippen molar-refractivity contribution in [3.8, 4) is 0 Å². The first-order chi connectivity index (χ1) is 9.18. The Labute approximate surface area is 119 Å². The van der Waals surface area contributed by atoms with Crippen molar-refractivity contribution in [1.82, 2.24) is 10.2 Å². The maximum atomic E-state index is 12.5. The van der Waals surface area contributed by atoms with Gasteiger partial charge in [0.05, 0.1) is 6.04 Å². The lowest BCUT2D eigenvalue weighted by molar-refractivity contribution is -0.132. The molecule has 3 rings (SSSR count). The number of carbonyl (C=O) groups is 1. The van der Waals surface area contributed by atoms with Gasteiger partial charge in [0.1, 0.15) is 6.17 Å². The molecule has 2 aliphatic rings. The van der Waals surface area contributed by atoms with Gasteiger partial charge in [-0.15, -0.1) is 11.3 Å². The smallest absolute Gasteiger partial charge is 0.241 e. The number of hydrogen-bond acceptors (Lipinski definition) is 3. The summed E-state index contributed by atoms with van der Waals surface area (Å²) in [5, 5.41) is 5.53. The summed E-state index contributed by atoms with van der Waals surface area (Å²) in [6.07, 6.45) is 5.28. The van der Waals surface area contributed by atoms with Crippen molar-refractivity contribution in [2.24, 2.45) is 5.92 Å². The molecule has 1 aromatic rings. The summed E-state index contributed by atoms with van der Waals surface area (Å²) in [6.45, 7) is 4.21. The zero-order valence-electron chi connectivity index (χ0n) is 11.6. The van der Waals surface area contributed by atoms with E-state index in [0.29, 0.717) is 12.0 Å². The molecule has 1 saturated heterocycles. The van der Waals surface area contributed by atoms with Crippen molar-refractivity contribution in [1.29, 1.82) is 0 Å². The Kier molecular flexibility index (Phi) is 3.63. The van der Waals surface area contributed by atoms with Crippen LogP contribution in [0.4, 0.5) is 0 Å². The predicted octanol–water partition coefficient (Wildman–Crippen LogP) is 3.15. The second-order valence-electron chi connectivity index (χ2n) is 5.84. The number of nitrogens with one attached hydrogen (secondary N) is 1. The van der Waals surface area contributed by atoms with Gasteiger partial charge in [-0.2, -0.15) is 0 Å². The van der Waals surface area contributed by atoms with Gasteiger partial charge in [0.15, 0.2) is 0 Å². The van der Waals surface area contributed by atoms with Crippen LogP contribution in [-0.2, 0) is 4.79 Å². The molecule has 0 bridgehead atoms. The Balaban J connectivity index is 1.84. The molecule has 1 aliphatic heterocycles. The molecule has 0 radical (unpaired) electrons. The van der Waals surface area contributed by atoms with Gasteiger partial charge in [0.2, 0.25) is 5.91 Å². The van der Waals surface area contributed by atoms with Crippen LogP contribution in [0, 0.1) is 5.92 Å². The lowest BCUT2D eigenvalue weighted by Crippen LogP contribution is -2.41.